The van der Waals surface area contributed by atoms with Gasteiger partial charge in [-0.2, -0.15) is 0 Å². The zero-order chi connectivity index (χ0) is 9.84. The SMILES string of the molecule is O=C(O)CCn1cc(Cl)ccc1=O. The van der Waals surface area contributed by atoms with E-state index in [1.54, 1.807) is 0 Å². The zero-order valence-electron chi connectivity index (χ0n) is 6.74. The second-order valence-corrected chi connectivity index (χ2v) is 2.96. The molecule has 0 fully saturated rings. The van der Waals surface area contributed by atoms with Crippen molar-refractivity contribution in [2.75, 3.05) is 0 Å². The summed E-state index contributed by atoms with van der Waals surface area (Å²) in [6, 6.07) is 2.78. The zero-order valence-corrected chi connectivity index (χ0v) is 7.49. The summed E-state index contributed by atoms with van der Waals surface area (Å²) in [6.45, 7) is 0.148. The number of aliphatic carboxylic acids is 1. The fraction of sp³-hybridized carbons (Fsp3) is 0.250. The Kier molecular flexibility index (Phi) is 3.08. The van der Waals surface area contributed by atoms with Crippen molar-refractivity contribution in [3.8, 4) is 0 Å². The summed E-state index contributed by atoms with van der Waals surface area (Å²) in [5.74, 6) is -0.938. The van der Waals surface area contributed by atoms with Crippen LogP contribution in [0.3, 0.4) is 0 Å². The van der Waals surface area contributed by atoms with Crippen molar-refractivity contribution >= 4 is 17.6 Å². The van der Waals surface area contributed by atoms with Gasteiger partial charge in [0, 0.05) is 18.8 Å². The first-order valence-corrected chi connectivity index (χ1v) is 4.05. The van der Waals surface area contributed by atoms with Crippen LogP contribution >= 0.6 is 11.6 Å². The molecule has 1 rings (SSSR count). The second kappa shape index (κ2) is 4.09. The minimum absolute atomic E-state index is 0.0831. The smallest absolute Gasteiger partial charge is 0.305 e. The van der Waals surface area contributed by atoms with Crippen molar-refractivity contribution < 1.29 is 9.90 Å². The number of rotatable bonds is 3. The first-order valence-electron chi connectivity index (χ1n) is 3.67. The minimum Gasteiger partial charge on any atom is -0.481 e. The fourth-order valence-electron chi connectivity index (χ4n) is 0.893. The fourth-order valence-corrected chi connectivity index (χ4v) is 1.07. The Morgan fingerprint density at radius 3 is 2.85 bits per heavy atom. The summed E-state index contributed by atoms with van der Waals surface area (Å²) in [7, 11) is 0. The summed E-state index contributed by atoms with van der Waals surface area (Å²) in [4.78, 5) is 21.3. The molecule has 70 valence electrons. The molecular formula is C8H8ClNO3. The molecule has 0 saturated carbocycles. The maximum Gasteiger partial charge on any atom is 0.305 e. The molecule has 1 aromatic rings. The topological polar surface area (TPSA) is 59.3 Å². The molecule has 1 heterocycles. The highest BCUT2D eigenvalue weighted by atomic mass is 35.5. The Balaban J connectivity index is 2.82. The van der Waals surface area contributed by atoms with Crippen LogP contribution in [-0.2, 0) is 11.3 Å². The maximum absolute atomic E-state index is 11.1. The van der Waals surface area contributed by atoms with Crippen LogP contribution in [0.2, 0.25) is 5.02 Å². The lowest BCUT2D eigenvalue weighted by Gasteiger charge is -2.02. The molecule has 0 unspecified atom stereocenters. The second-order valence-electron chi connectivity index (χ2n) is 2.52. The number of halogens is 1. The third-order valence-electron chi connectivity index (χ3n) is 1.51. The van der Waals surface area contributed by atoms with Gasteiger partial charge in [-0.3, -0.25) is 9.59 Å². The minimum atomic E-state index is -0.938. The summed E-state index contributed by atoms with van der Waals surface area (Å²) in [6.07, 6.45) is 1.34. The number of hydrogen-bond acceptors (Lipinski definition) is 2. The van der Waals surface area contributed by atoms with Crippen LogP contribution in [0.15, 0.2) is 23.1 Å². The number of pyridine rings is 1. The van der Waals surface area contributed by atoms with Crippen molar-refractivity contribution in [1.82, 2.24) is 4.57 Å². The number of carbonyl (C=O) groups is 1. The van der Waals surface area contributed by atoms with Crippen LogP contribution < -0.4 is 5.56 Å². The summed E-state index contributed by atoms with van der Waals surface area (Å²) in [5, 5.41) is 8.81. The molecule has 0 amide bonds. The third-order valence-corrected chi connectivity index (χ3v) is 1.74. The van der Waals surface area contributed by atoms with Gasteiger partial charge in [0.1, 0.15) is 0 Å². The van der Waals surface area contributed by atoms with Crippen molar-refractivity contribution in [2.24, 2.45) is 0 Å². The Morgan fingerprint density at radius 2 is 2.23 bits per heavy atom. The van der Waals surface area contributed by atoms with Gasteiger partial charge in [0.2, 0.25) is 0 Å². The Labute approximate surface area is 79.4 Å². The van der Waals surface area contributed by atoms with Crippen LogP contribution in [0.1, 0.15) is 6.42 Å². The third kappa shape index (κ3) is 2.91. The number of aryl methyl sites for hydroxylation is 1. The quantitative estimate of drug-likeness (QED) is 0.793. The van der Waals surface area contributed by atoms with Gasteiger partial charge in [-0.1, -0.05) is 11.6 Å². The van der Waals surface area contributed by atoms with E-state index in [0.717, 1.165) is 0 Å². The Hall–Kier alpha value is -1.29. The van der Waals surface area contributed by atoms with Crippen LogP contribution in [0.4, 0.5) is 0 Å². The Bertz CT molecular complexity index is 372. The van der Waals surface area contributed by atoms with Crippen molar-refractivity contribution in [3.05, 3.63) is 33.7 Å². The molecule has 0 saturated heterocycles. The molecule has 0 atom stereocenters. The number of nitrogens with zero attached hydrogens (tertiary/aromatic N) is 1. The van der Waals surface area contributed by atoms with E-state index >= 15 is 0 Å². The molecule has 0 aliphatic carbocycles. The number of aromatic nitrogens is 1. The highest BCUT2D eigenvalue weighted by molar-refractivity contribution is 6.30. The van der Waals surface area contributed by atoms with Gasteiger partial charge in [0.15, 0.2) is 0 Å². The van der Waals surface area contributed by atoms with Gasteiger partial charge in [0.25, 0.3) is 5.56 Å². The van der Waals surface area contributed by atoms with E-state index in [9.17, 15) is 9.59 Å². The highest BCUT2D eigenvalue weighted by Crippen LogP contribution is 2.03. The molecule has 1 N–H and O–H groups in total. The molecule has 1 aromatic heterocycles. The summed E-state index contributed by atoms with van der Waals surface area (Å²) in [5.41, 5.74) is -0.245. The predicted octanol–water partition coefficient (Wildman–Crippen LogP) is 0.976. The van der Waals surface area contributed by atoms with Gasteiger partial charge in [-0.15, -0.1) is 0 Å². The normalized spacial score (nSPS) is 9.92. The van der Waals surface area contributed by atoms with Crippen LogP contribution in [-0.4, -0.2) is 15.6 Å². The molecule has 0 radical (unpaired) electrons. The van der Waals surface area contributed by atoms with E-state index in [-0.39, 0.29) is 18.5 Å². The van der Waals surface area contributed by atoms with Crippen LogP contribution in [0.5, 0.6) is 0 Å². The van der Waals surface area contributed by atoms with E-state index in [0.29, 0.717) is 5.02 Å². The number of carboxylic acid groups (broad SMARTS) is 1. The number of hydrogen-bond donors (Lipinski definition) is 1. The van der Waals surface area contributed by atoms with Gasteiger partial charge < -0.3 is 9.67 Å². The maximum atomic E-state index is 11.1. The Morgan fingerprint density at radius 1 is 1.54 bits per heavy atom. The lowest BCUT2D eigenvalue weighted by molar-refractivity contribution is -0.137. The van der Waals surface area contributed by atoms with Crippen LogP contribution in [0.25, 0.3) is 0 Å². The van der Waals surface area contributed by atoms with Gasteiger partial charge in [-0.05, 0) is 6.07 Å². The van der Waals surface area contributed by atoms with Gasteiger partial charge in [-0.25, -0.2) is 0 Å². The van der Waals surface area contributed by atoms with Crippen molar-refractivity contribution in [2.45, 2.75) is 13.0 Å². The molecular weight excluding hydrogens is 194 g/mol. The van der Waals surface area contributed by atoms with E-state index < -0.39 is 5.97 Å². The molecule has 5 heteroatoms. The molecule has 0 spiro atoms. The lowest BCUT2D eigenvalue weighted by Crippen LogP contribution is -2.19. The largest absolute Gasteiger partial charge is 0.481 e. The van der Waals surface area contributed by atoms with E-state index in [1.807, 2.05) is 0 Å². The molecule has 0 aliphatic rings. The van der Waals surface area contributed by atoms with E-state index in [1.165, 1.54) is 22.9 Å². The average Bonchev–Trinajstić information content (AvgIpc) is 2.06. The predicted molar refractivity (Wildman–Crippen MR) is 48.0 cm³/mol. The molecule has 0 aliphatic heterocycles. The molecule has 0 bridgehead atoms. The first-order chi connectivity index (χ1) is 6.09. The monoisotopic (exact) mass is 201 g/mol. The lowest BCUT2D eigenvalue weighted by atomic mass is 10.4. The molecule has 13 heavy (non-hydrogen) atoms. The molecule has 4 nitrogen and oxygen atoms in total. The van der Waals surface area contributed by atoms with Crippen LogP contribution in [0, 0.1) is 0 Å². The van der Waals surface area contributed by atoms with Gasteiger partial charge >= 0.3 is 5.97 Å². The first kappa shape index (κ1) is 9.80. The summed E-state index contributed by atoms with van der Waals surface area (Å²) < 4.78 is 1.27. The van der Waals surface area contributed by atoms with Crippen molar-refractivity contribution in [3.63, 3.8) is 0 Å². The van der Waals surface area contributed by atoms with E-state index in [2.05, 4.69) is 0 Å². The average molecular weight is 202 g/mol. The highest BCUT2D eigenvalue weighted by Gasteiger charge is 2.00. The van der Waals surface area contributed by atoms with Gasteiger partial charge in [0.05, 0.1) is 11.4 Å². The standard InChI is InChI=1S/C8H8ClNO3/c9-6-1-2-7(11)10(5-6)4-3-8(12)13/h1-2,5H,3-4H2,(H,12,13). The summed E-state index contributed by atoms with van der Waals surface area (Å²) >= 11 is 5.62. The molecule has 0 aromatic carbocycles. The van der Waals surface area contributed by atoms with E-state index in [4.69, 9.17) is 16.7 Å². The number of carboxylic acids is 1. The van der Waals surface area contributed by atoms with Crippen molar-refractivity contribution in [1.29, 1.82) is 0 Å².